The molecule has 0 aromatic rings. The first-order chi connectivity index (χ1) is 6.70. The van der Waals surface area contributed by atoms with Crippen LogP contribution >= 0.6 is 0 Å². The average Bonchev–Trinajstić information content (AvgIpc) is 1.96. The number of hydrogen-bond acceptors (Lipinski definition) is 2. The van der Waals surface area contributed by atoms with Crippen LogP contribution in [-0.2, 0) is 4.79 Å². The number of aliphatic imine (C=N–C) groups is 1. The summed E-state index contributed by atoms with van der Waals surface area (Å²) in [5.41, 5.74) is 5.32. The van der Waals surface area contributed by atoms with E-state index in [4.69, 9.17) is 5.73 Å². The predicted molar refractivity (Wildman–Crippen MR) is 62.7 cm³/mol. The van der Waals surface area contributed by atoms with Crippen molar-refractivity contribution in [1.82, 2.24) is 10.6 Å². The van der Waals surface area contributed by atoms with Gasteiger partial charge in [-0.1, -0.05) is 0 Å². The van der Waals surface area contributed by atoms with E-state index < -0.39 is 0 Å². The van der Waals surface area contributed by atoms with Gasteiger partial charge in [-0.2, -0.15) is 0 Å². The molecule has 0 heterocycles. The summed E-state index contributed by atoms with van der Waals surface area (Å²) in [5, 5.41) is 5.71. The largest absolute Gasteiger partial charge is 0.370 e. The lowest BCUT2D eigenvalue weighted by Gasteiger charge is -2.19. The monoisotopic (exact) mass is 214 g/mol. The van der Waals surface area contributed by atoms with Crippen LogP contribution in [0.1, 0.15) is 34.6 Å². The van der Waals surface area contributed by atoms with Gasteiger partial charge in [0, 0.05) is 11.6 Å². The van der Waals surface area contributed by atoms with Gasteiger partial charge in [0.05, 0.1) is 0 Å². The first-order valence-corrected chi connectivity index (χ1v) is 5.08. The number of carbonyl (C=O) groups is 1. The summed E-state index contributed by atoms with van der Waals surface area (Å²) in [5.74, 6) is 0.171. The van der Waals surface area contributed by atoms with Crippen LogP contribution in [0, 0.1) is 0 Å². The summed E-state index contributed by atoms with van der Waals surface area (Å²) in [4.78, 5) is 15.3. The molecule has 0 aromatic heterocycles. The Hall–Kier alpha value is -1.26. The summed E-state index contributed by atoms with van der Waals surface area (Å²) < 4.78 is 0. The average molecular weight is 214 g/mol. The maximum Gasteiger partial charge on any atom is 0.242 e. The van der Waals surface area contributed by atoms with E-state index in [1.165, 1.54) is 0 Å². The minimum absolute atomic E-state index is 0.0584. The van der Waals surface area contributed by atoms with E-state index in [1.54, 1.807) is 0 Å². The van der Waals surface area contributed by atoms with Gasteiger partial charge < -0.3 is 16.4 Å². The molecule has 0 atom stereocenters. The quantitative estimate of drug-likeness (QED) is 0.464. The highest BCUT2D eigenvalue weighted by Crippen LogP contribution is 1.97. The minimum atomic E-state index is -0.229. The topological polar surface area (TPSA) is 79.5 Å². The molecule has 0 unspecified atom stereocenters. The summed E-state index contributed by atoms with van der Waals surface area (Å²) in [6.45, 7) is 9.73. The summed E-state index contributed by atoms with van der Waals surface area (Å²) in [6, 6.07) is 0.222. The number of rotatable bonds is 3. The Balaban J connectivity index is 3.99. The zero-order chi connectivity index (χ0) is 12.1. The van der Waals surface area contributed by atoms with Crippen LogP contribution in [-0.4, -0.2) is 30.0 Å². The predicted octanol–water partition coefficient (Wildman–Crippen LogP) is 0.214. The van der Waals surface area contributed by atoms with Crippen LogP contribution in [0.25, 0.3) is 0 Å². The van der Waals surface area contributed by atoms with Crippen molar-refractivity contribution in [1.29, 1.82) is 0 Å². The van der Waals surface area contributed by atoms with Crippen LogP contribution < -0.4 is 16.4 Å². The minimum Gasteiger partial charge on any atom is -0.370 e. The van der Waals surface area contributed by atoms with Crippen molar-refractivity contribution in [3.8, 4) is 0 Å². The van der Waals surface area contributed by atoms with Gasteiger partial charge in [0.2, 0.25) is 5.91 Å². The van der Waals surface area contributed by atoms with Gasteiger partial charge in [-0.3, -0.25) is 4.79 Å². The SMILES string of the molecule is CC(C)NC(N)=NCC(=O)NC(C)(C)C. The third kappa shape index (κ3) is 9.05. The highest BCUT2D eigenvalue weighted by atomic mass is 16.2. The molecular formula is C10H22N4O. The fourth-order valence-electron chi connectivity index (χ4n) is 0.956. The first-order valence-electron chi connectivity index (χ1n) is 5.08. The Labute approximate surface area is 91.5 Å². The molecule has 5 nitrogen and oxygen atoms in total. The lowest BCUT2D eigenvalue weighted by atomic mass is 10.1. The van der Waals surface area contributed by atoms with E-state index in [0.29, 0.717) is 5.96 Å². The van der Waals surface area contributed by atoms with Crippen molar-refractivity contribution in [2.24, 2.45) is 10.7 Å². The zero-order valence-electron chi connectivity index (χ0n) is 10.2. The van der Waals surface area contributed by atoms with E-state index in [9.17, 15) is 4.79 Å². The summed E-state index contributed by atoms with van der Waals surface area (Å²) >= 11 is 0. The Morgan fingerprint density at radius 2 is 1.93 bits per heavy atom. The van der Waals surface area contributed by atoms with Gasteiger partial charge in [-0.15, -0.1) is 0 Å². The second kappa shape index (κ2) is 5.58. The Kier molecular flexibility index (Phi) is 5.11. The summed E-state index contributed by atoms with van der Waals surface area (Å²) in [7, 11) is 0. The maximum atomic E-state index is 11.3. The lowest BCUT2D eigenvalue weighted by molar-refractivity contribution is -0.121. The normalized spacial score (nSPS) is 12.8. The molecule has 0 aliphatic carbocycles. The molecule has 0 saturated heterocycles. The second-order valence-electron chi connectivity index (χ2n) is 4.80. The third-order valence-electron chi connectivity index (χ3n) is 1.34. The number of hydrogen-bond donors (Lipinski definition) is 3. The van der Waals surface area contributed by atoms with Gasteiger partial charge in [0.1, 0.15) is 6.54 Å². The zero-order valence-corrected chi connectivity index (χ0v) is 10.2. The molecule has 0 fully saturated rings. The highest BCUT2D eigenvalue weighted by molar-refractivity contribution is 5.84. The van der Waals surface area contributed by atoms with Gasteiger partial charge in [0.25, 0.3) is 0 Å². The van der Waals surface area contributed by atoms with Crippen LogP contribution in [0.4, 0.5) is 0 Å². The van der Waals surface area contributed by atoms with Gasteiger partial charge in [0.15, 0.2) is 5.96 Å². The number of nitrogens with two attached hydrogens (primary N) is 1. The van der Waals surface area contributed by atoms with Crippen LogP contribution in [0.3, 0.4) is 0 Å². The maximum absolute atomic E-state index is 11.3. The van der Waals surface area contributed by atoms with Crippen molar-refractivity contribution >= 4 is 11.9 Å². The van der Waals surface area contributed by atoms with Crippen molar-refractivity contribution < 1.29 is 4.79 Å². The lowest BCUT2D eigenvalue weighted by Crippen LogP contribution is -2.43. The standard InChI is InChI=1S/C10H22N4O/c1-7(2)13-9(11)12-6-8(15)14-10(3,4)5/h7H,6H2,1-5H3,(H,14,15)(H3,11,12,13). The number of nitrogens with zero attached hydrogens (tertiary/aromatic N) is 1. The number of amides is 1. The Morgan fingerprint density at radius 1 is 1.40 bits per heavy atom. The molecule has 15 heavy (non-hydrogen) atoms. The first kappa shape index (κ1) is 13.7. The van der Waals surface area contributed by atoms with E-state index in [0.717, 1.165) is 0 Å². The number of carbonyl (C=O) groups excluding carboxylic acids is 1. The van der Waals surface area contributed by atoms with E-state index in [-0.39, 0.29) is 24.0 Å². The molecule has 0 spiro atoms. The molecule has 0 bridgehead atoms. The molecule has 0 aliphatic rings. The third-order valence-corrected chi connectivity index (χ3v) is 1.34. The van der Waals surface area contributed by atoms with Crippen molar-refractivity contribution in [2.75, 3.05) is 6.54 Å². The smallest absolute Gasteiger partial charge is 0.242 e. The van der Waals surface area contributed by atoms with Crippen LogP contribution in [0.15, 0.2) is 4.99 Å². The summed E-state index contributed by atoms with van der Waals surface area (Å²) in [6.07, 6.45) is 0. The number of nitrogens with one attached hydrogen (secondary N) is 2. The van der Waals surface area contributed by atoms with Gasteiger partial charge in [-0.05, 0) is 34.6 Å². The molecule has 0 aromatic carbocycles. The number of guanidine groups is 1. The van der Waals surface area contributed by atoms with Crippen LogP contribution in [0.5, 0.6) is 0 Å². The van der Waals surface area contributed by atoms with Crippen LogP contribution in [0.2, 0.25) is 0 Å². The molecule has 1 amide bonds. The Bertz CT molecular complexity index is 240. The van der Waals surface area contributed by atoms with Crippen molar-refractivity contribution in [2.45, 2.75) is 46.2 Å². The Morgan fingerprint density at radius 3 is 2.33 bits per heavy atom. The molecule has 0 aliphatic heterocycles. The van der Waals surface area contributed by atoms with Crippen molar-refractivity contribution in [3.63, 3.8) is 0 Å². The second-order valence-corrected chi connectivity index (χ2v) is 4.80. The molecular weight excluding hydrogens is 192 g/mol. The molecule has 5 heteroatoms. The molecule has 4 N–H and O–H groups in total. The van der Waals surface area contributed by atoms with Crippen molar-refractivity contribution in [3.05, 3.63) is 0 Å². The van der Waals surface area contributed by atoms with E-state index in [1.807, 2.05) is 34.6 Å². The van der Waals surface area contributed by atoms with Gasteiger partial charge >= 0.3 is 0 Å². The van der Waals surface area contributed by atoms with E-state index in [2.05, 4.69) is 15.6 Å². The molecule has 0 radical (unpaired) electrons. The highest BCUT2D eigenvalue weighted by Gasteiger charge is 2.12. The molecule has 88 valence electrons. The molecule has 0 saturated carbocycles. The fraction of sp³-hybridized carbons (Fsp3) is 0.800. The molecule has 0 rings (SSSR count). The van der Waals surface area contributed by atoms with Gasteiger partial charge in [-0.25, -0.2) is 4.99 Å². The van der Waals surface area contributed by atoms with E-state index >= 15 is 0 Å². The fourth-order valence-corrected chi connectivity index (χ4v) is 0.956.